The Morgan fingerprint density at radius 3 is 2.38 bits per heavy atom. The van der Waals surface area contributed by atoms with E-state index in [4.69, 9.17) is 0 Å². The van der Waals surface area contributed by atoms with Crippen LogP contribution < -0.4 is 0 Å². The highest BCUT2D eigenvalue weighted by Gasteiger charge is 2.07. The van der Waals surface area contributed by atoms with Crippen molar-refractivity contribution in [1.29, 1.82) is 0 Å². The first-order valence-electron chi connectivity index (χ1n) is 3.66. The third kappa shape index (κ3) is 2.90. The van der Waals surface area contributed by atoms with E-state index < -0.39 is 9.84 Å². The summed E-state index contributed by atoms with van der Waals surface area (Å²) in [6.45, 7) is 0. The maximum atomic E-state index is 11.5. The lowest BCUT2D eigenvalue weighted by atomic mass is 10.4. The average molecular weight is 214 g/mol. The molecular formula is C9H10O2S2. The highest BCUT2D eigenvalue weighted by atomic mass is 32.2. The Morgan fingerprint density at radius 1 is 1.23 bits per heavy atom. The first kappa shape index (κ1) is 10.3. The van der Waals surface area contributed by atoms with Crippen molar-refractivity contribution >= 4 is 21.6 Å². The lowest BCUT2D eigenvalue weighted by Gasteiger charge is -1.96. The van der Waals surface area contributed by atoms with Crippen molar-refractivity contribution in [2.24, 2.45) is 0 Å². The SMILES string of the molecule is CSC=CS(=O)(=O)c1ccccc1. The van der Waals surface area contributed by atoms with E-state index in [0.717, 1.165) is 0 Å². The van der Waals surface area contributed by atoms with Crippen LogP contribution >= 0.6 is 11.8 Å². The van der Waals surface area contributed by atoms with E-state index in [0.29, 0.717) is 4.90 Å². The topological polar surface area (TPSA) is 34.1 Å². The highest BCUT2D eigenvalue weighted by Crippen LogP contribution is 2.12. The number of hydrogen-bond acceptors (Lipinski definition) is 3. The van der Waals surface area contributed by atoms with Gasteiger partial charge in [-0.05, 0) is 23.8 Å². The van der Waals surface area contributed by atoms with Crippen LogP contribution in [-0.2, 0) is 9.84 Å². The molecule has 0 aliphatic heterocycles. The van der Waals surface area contributed by atoms with Gasteiger partial charge in [-0.2, -0.15) is 0 Å². The van der Waals surface area contributed by atoms with Gasteiger partial charge in [-0.3, -0.25) is 0 Å². The molecule has 1 aromatic carbocycles. The van der Waals surface area contributed by atoms with E-state index in [-0.39, 0.29) is 0 Å². The number of rotatable bonds is 3. The van der Waals surface area contributed by atoms with Crippen molar-refractivity contribution in [3.05, 3.63) is 41.1 Å². The van der Waals surface area contributed by atoms with Gasteiger partial charge in [-0.1, -0.05) is 18.2 Å². The van der Waals surface area contributed by atoms with Crippen molar-refractivity contribution in [2.75, 3.05) is 6.26 Å². The maximum Gasteiger partial charge on any atom is 0.200 e. The molecule has 2 nitrogen and oxygen atoms in total. The highest BCUT2D eigenvalue weighted by molar-refractivity contribution is 8.02. The first-order valence-corrected chi connectivity index (χ1v) is 6.50. The summed E-state index contributed by atoms with van der Waals surface area (Å²) in [5.74, 6) is 0. The molecule has 0 unspecified atom stereocenters. The summed E-state index contributed by atoms with van der Waals surface area (Å²) in [6, 6.07) is 8.37. The number of sulfone groups is 1. The summed E-state index contributed by atoms with van der Waals surface area (Å²) in [4.78, 5) is 0.334. The molecule has 0 aromatic heterocycles. The van der Waals surface area contributed by atoms with Gasteiger partial charge < -0.3 is 0 Å². The summed E-state index contributed by atoms with van der Waals surface area (Å²) < 4.78 is 23.0. The molecule has 0 radical (unpaired) electrons. The molecule has 0 atom stereocenters. The molecule has 0 N–H and O–H groups in total. The second-order valence-corrected chi connectivity index (χ2v) is 4.94. The van der Waals surface area contributed by atoms with E-state index >= 15 is 0 Å². The predicted molar refractivity (Wildman–Crippen MR) is 56.3 cm³/mol. The Morgan fingerprint density at radius 2 is 1.85 bits per heavy atom. The third-order valence-corrected chi connectivity index (χ3v) is 3.45. The first-order chi connectivity index (χ1) is 6.17. The minimum atomic E-state index is -3.22. The fourth-order valence-electron chi connectivity index (χ4n) is 0.817. The minimum absolute atomic E-state index is 0.334. The summed E-state index contributed by atoms with van der Waals surface area (Å²) in [5, 5.41) is 2.77. The summed E-state index contributed by atoms with van der Waals surface area (Å²) in [7, 11) is -3.22. The van der Waals surface area contributed by atoms with Gasteiger partial charge in [-0.15, -0.1) is 11.8 Å². The van der Waals surface area contributed by atoms with E-state index in [2.05, 4.69) is 0 Å². The van der Waals surface area contributed by atoms with Crippen LogP contribution in [0.5, 0.6) is 0 Å². The monoisotopic (exact) mass is 214 g/mol. The summed E-state index contributed by atoms with van der Waals surface area (Å²) >= 11 is 1.36. The molecule has 0 saturated heterocycles. The molecular weight excluding hydrogens is 204 g/mol. The summed E-state index contributed by atoms with van der Waals surface area (Å²) in [6.07, 6.45) is 1.82. The fourth-order valence-corrected chi connectivity index (χ4v) is 2.54. The van der Waals surface area contributed by atoms with Crippen molar-refractivity contribution in [2.45, 2.75) is 4.90 Å². The van der Waals surface area contributed by atoms with Crippen molar-refractivity contribution in [1.82, 2.24) is 0 Å². The molecule has 0 heterocycles. The molecule has 1 rings (SSSR count). The fraction of sp³-hybridized carbons (Fsp3) is 0.111. The Balaban J connectivity index is 3.02. The zero-order valence-electron chi connectivity index (χ0n) is 7.17. The van der Waals surface area contributed by atoms with Crippen molar-refractivity contribution < 1.29 is 8.42 Å². The molecule has 0 fully saturated rings. The quantitative estimate of drug-likeness (QED) is 0.774. The van der Waals surface area contributed by atoms with Crippen molar-refractivity contribution in [3.8, 4) is 0 Å². The van der Waals surface area contributed by atoms with Crippen LogP contribution in [-0.4, -0.2) is 14.7 Å². The molecule has 0 aliphatic rings. The second-order valence-electron chi connectivity index (χ2n) is 2.37. The molecule has 70 valence electrons. The van der Waals surface area contributed by atoms with E-state index in [1.165, 1.54) is 17.2 Å². The largest absolute Gasteiger partial charge is 0.219 e. The molecule has 13 heavy (non-hydrogen) atoms. The van der Waals surface area contributed by atoms with Gasteiger partial charge in [0.2, 0.25) is 0 Å². The predicted octanol–water partition coefficient (Wildman–Crippen LogP) is 2.29. The summed E-state index contributed by atoms with van der Waals surface area (Å²) in [5.41, 5.74) is 0. The lowest BCUT2D eigenvalue weighted by Crippen LogP contribution is -1.94. The standard InChI is InChI=1S/C9H10O2S2/c1-12-7-8-13(10,11)9-5-3-2-4-6-9/h2-8H,1H3. The van der Waals surface area contributed by atoms with Gasteiger partial charge in [0.05, 0.1) is 4.90 Å². The zero-order chi connectivity index (χ0) is 9.73. The van der Waals surface area contributed by atoms with E-state index in [1.807, 2.05) is 6.26 Å². The average Bonchev–Trinajstić information content (AvgIpc) is 2.16. The van der Waals surface area contributed by atoms with Gasteiger partial charge in [0.25, 0.3) is 0 Å². The van der Waals surface area contributed by atoms with Crippen LogP contribution in [0.1, 0.15) is 0 Å². The van der Waals surface area contributed by atoms with Crippen LogP contribution in [0.15, 0.2) is 46.0 Å². The van der Waals surface area contributed by atoms with Crippen LogP contribution in [0.25, 0.3) is 0 Å². The van der Waals surface area contributed by atoms with Crippen LogP contribution in [0, 0.1) is 0 Å². The molecule has 4 heteroatoms. The lowest BCUT2D eigenvalue weighted by molar-refractivity contribution is 0.604. The number of benzene rings is 1. The minimum Gasteiger partial charge on any atom is -0.219 e. The molecule has 0 bridgehead atoms. The molecule has 1 aromatic rings. The van der Waals surface area contributed by atoms with Crippen molar-refractivity contribution in [3.63, 3.8) is 0 Å². The normalized spacial score (nSPS) is 12.1. The van der Waals surface area contributed by atoms with Crippen LogP contribution in [0.3, 0.4) is 0 Å². The number of hydrogen-bond donors (Lipinski definition) is 0. The Kier molecular flexibility index (Phi) is 3.57. The van der Waals surface area contributed by atoms with Gasteiger partial charge >= 0.3 is 0 Å². The number of thioether (sulfide) groups is 1. The van der Waals surface area contributed by atoms with Crippen LogP contribution in [0.4, 0.5) is 0 Å². The van der Waals surface area contributed by atoms with E-state index in [9.17, 15) is 8.42 Å². The van der Waals surface area contributed by atoms with Gasteiger partial charge in [0.15, 0.2) is 9.84 Å². The molecule has 0 aliphatic carbocycles. The van der Waals surface area contributed by atoms with Crippen LogP contribution in [0.2, 0.25) is 0 Å². The Hall–Kier alpha value is -0.740. The Bertz CT molecular complexity index is 379. The molecule has 0 amide bonds. The Labute approximate surface area is 82.6 Å². The molecule has 0 saturated carbocycles. The maximum absolute atomic E-state index is 11.5. The zero-order valence-corrected chi connectivity index (χ0v) is 8.81. The van der Waals surface area contributed by atoms with E-state index in [1.54, 1.807) is 35.7 Å². The van der Waals surface area contributed by atoms with Gasteiger partial charge in [0.1, 0.15) is 0 Å². The van der Waals surface area contributed by atoms with Gasteiger partial charge in [0, 0.05) is 5.41 Å². The third-order valence-electron chi connectivity index (χ3n) is 1.44. The smallest absolute Gasteiger partial charge is 0.200 e. The second kappa shape index (κ2) is 4.48. The van der Waals surface area contributed by atoms with Gasteiger partial charge in [-0.25, -0.2) is 8.42 Å². The molecule has 0 spiro atoms.